The van der Waals surface area contributed by atoms with Crippen molar-refractivity contribution in [2.75, 3.05) is 50.8 Å². The highest BCUT2D eigenvalue weighted by Crippen LogP contribution is 2.31. The summed E-state index contributed by atoms with van der Waals surface area (Å²) in [5.41, 5.74) is 0.813. The number of carbonyl (C=O) groups is 2. The molecule has 2 heterocycles. The second-order valence-corrected chi connectivity index (χ2v) is 8.55. The molecule has 2 aliphatic heterocycles. The van der Waals surface area contributed by atoms with Crippen molar-refractivity contribution in [1.29, 1.82) is 0 Å². The van der Waals surface area contributed by atoms with Gasteiger partial charge in [-0.15, -0.1) is 0 Å². The summed E-state index contributed by atoms with van der Waals surface area (Å²) >= 11 is 0. The fraction of sp³-hybridized carbons (Fsp3) is 0.652. The predicted molar refractivity (Wildman–Crippen MR) is 113 cm³/mol. The minimum atomic E-state index is 0.00466. The molecule has 0 unspecified atom stereocenters. The molecule has 0 radical (unpaired) electrons. The van der Waals surface area contributed by atoms with Gasteiger partial charge in [0.25, 0.3) is 0 Å². The Kier molecular flexibility index (Phi) is 6.70. The zero-order valence-electron chi connectivity index (χ0n) is 17.4. The number of piperazine rings is 1. The summed E-state index contributed by atoms with van der Waals surface area (Å²) in [6, 6.07) is 7.60. The average molecular weight is 400 g/mol. The number of hydrogen-bond acceptors (Lipinski definition) is 4. The standard InChI is InChI=1S/C23H33N3O3/c27-22(25-14-12-24(13-15-25)18-19-6-2-1-3-7-19)10-11-23(28)26-16-17-29-21-9-5-4-8-20(21)26/h4-5,8-9,19H,1-3,6-7,10-18H2. The van der Waals surface area contributed by atoms with Gasteiger partial charge in [-0.1, -0.05) is 31.4 Å². The van der Waals surface area contributed by atoms with E-state index in [0.29, 0.717) is 19.6 Å². The highest BCUT2D eigenvalue weighted by atomic mass is 16.5. The van der Waals surface area contributed by atoms with Gasteiger partial charge in [0.05, 0.1) is 12.2 Å². The lowest BCUT2D eigenvalue weighted by atomic mass is 9.89. The van der Waals surface area contributed by atoms with Crippen LogP contribution in [0.3, 0.4) is 0 Å². The van der Waals surface area contributed by atoms with Gasteiger partial charge in [0.1, 0.15) is 12.4 Å². The van der Waals surface area contributed by atoms with Crippen molar-refractivity contribution < 1.29 is 14.3 Å². The van der Waals surface area contributed by atoms with Crippen LogP contribution in [0.15, 0.2) is 24.3 Å². The normalized spacial score (nSPS) is 20.8. The summed E-state index contributed by atoms with van der Waals surface area (Å²) in [5.74, 6) is 1.70. The van der Waals surface area contributed by atoms with Crippen molar-refractivity contribution in [2.45, 2.75) is 44.9 Å². The van der Waals surface area contributed by atoms with E-state index in [0.717, 1.165) is 43.5 Å². The van der Waals surface area contributed by atoms with E-state index in [-0.39, 0.29) is 18.2 Å². The number of rotatable bonds is 5. The summed E-state index contributed by atoms with van der Waals surface area (Å²) in [6.07, 6.45) is 7.44. The Bertz CT molecular complexity index is 709. The first-order valence-electron chi connectivity index (χ1n) is 11.2. The van der Waals surface area contributed by atoms with Gasteiger partial charge in [-0.3, -0.25) is 14.5 Å². The number of benzene rings is 1. The molecule has 3 aliphatic rings. The smallest absolute Gasteiger partial charge is 0.227 e. The van der Waals surface area contributed by atoms with Crippen molar-refractivity contribution in [3.63, 3.8) is 0 Å². The van der Waals surface area contributed by atoms with Crippen LogP contribution in [0.1, 0.15) is 44.9 Å². The van der Waals surface area contributed by atoms with Gasteiger partial charge in [0, 0.05) is 45.6 Å². The van der Waals surface area contributed by atoms with Crippen molar-refractivity contribution in [3.8, 4) is 5.75 Å². The number of para-hydroxylation sites is 2. The molecule has 1 aromatic rings. The zero-order chi connectivity index (χ0) is 20.1. The highest BCUT2D eigenvalue weighted by Gasteiger charge is 2.26. The van der Waals surface area contributed by atoms with Crippen molar-refractivity contribution >= 4 is 17.5 Å². The maximum absolute atomic E-state index is 12.7. The third kappa shape index (κ3) is 5.10. The lowest BCUT2D eigenvalue weighted by Crippen LogP contribution is -2.50. The van der Waals surface area contributed by atoms with E-state index in [9.17, 15) is 9.59 Å². The van der Waals surface area contributed by atoms with E-state index in [1.54, 1.807) is 4.90 Å². The van der Waals surface area contributed by atoms with Crippen LogP contribution in [0, 0.1) is 5.92 Å². The van der Waals surface area contributed by atoms with Crippen LogP contribution >= 0.6 is 0 Å². The third-order valence-electron chi connectivity index (χ3n) is 6.55. The van der Waals surface area contributed by atoms with Gasteiger partial charge in [-0.2, -0.15) is 0 Å². The van der Waals surface area contributed by atoms with E-state index >= 15 is 0 Å². The van der Waals surface area contributed by atoms with E-state index < -0.39 is 0 Å². The minimum Gasteiger partial charge on any atom is -0.490 e. The van der Waals surface area contributed by atoms with Gasteiger partial charge in [0.2, 0.25) is 11.8 Å². The molecule has 2 amide bonds. The Morgan fingerprint density at radius 2 is 1.62 bits per heavy atom. The number of hydrogen-bond donors (Lipinski definition) is 0. The number of carbonyl (C=O) groups excluding carboxylic acids is 2. The predicted octanol–water partition coefficient (Wildman–Crippen LogP) is 2.92. The lowest BCUT2D eigenvalue weighted by Gasteiger charge is -2.37. The number of nitrogens with zero attached hydrogens (tertiary/aromatic N) is 3. The molecule has 1 saturated carbocycles. The molecule has 0 N–H and O–H groups in total. The number of ether oxygens (including phenoxy) is 1. The SMILES string of the molecule is O=C(CCC(=O)N1CCOc2ccccc21)N1CCN(CC2CCCCC2)CC1. The fourth-order valence-corrected chi connectivity index (χ4v) is 4.85. The Morgan fingerprint density at radius 1 is 0.897 bits per heavy atom. The number of amides is 2. The van der Waals surface area contributed by atoms with Crippen molar-refractivity contribution in [3.05, 3.63) is 24.3 Å². The molecule has 4 rings (SSSR count). The fourth-order valence-electron chi connectivity index (χ4n) is 4.85. The molecule has 0 spiro atoms. The maximum Gasteiger partial charge on any atom is 0.227 e. The Morgan fingerprint density at radius 3 is 2.41 bits per heavy atom. The van der Waals surface area contributed by atoms with Crippen LogP contribution in [0.2, 0.25) is 0 Å². The Hall–Kier alpha value is -2.08. The molecule has 1 aromatic carbocycles. The Balaban J connectivity index is 1.21. The first-order chi connectivity index (χ1) is 14.2. The summed E-state index contributed by atoms with van der Waals surface area (Å²) < 4.78 is 5.62. The summed E-state index contributed by atoms with van der Waals surface area (Å²) in [7, 11) is 0. The van der Waals surface area contributed by atoms with Crippen LogP contribution < -0.4 is 9.64 Å². The van der Waals surface area contributed by atoms with Gasteiger partial charge >= 0.3 is 0 Å². The molecular formula is C23H33N3O3. The Labute approximate surface area is 173 Å². The lowest BCUT2D eigenvalue weighted by molar-refractivity contribution is -0.134. The molecule has 0 atom stereocenters. The number of fused-ring (bicyclic) bond motifs is 1. The van der Waals surface area contributed by atoms with E-state index in [1.807, 2.05) is 29.2 Å². The minimum absolute atomic E-state index is 0.00466. The average Bonchev–Trinajstić information content (AvgIpc) is 2.78. The van der Waals surface area contributed by atoms with Crippen LogP contribution in [-0.2, 0) is 9.59 Å². The molecule has 29 heavy (non-hydrogen) atoms. The van der Waals surface area contributed by atoms with E-state index in [1.165, 1.54) is 38.6 Å². The molecule has 2 fully saturated rings. The van der Waals surface area contributed by atoms with E-state index in [4.69, 9.17) is 4.74 Å². The molecule has 158 valence electrons. The maximum atomic E-state index is 12.7. The van der Waals surface area contributed by atoms with E-state index in [2.05, 4.69) is 4.90 Å². The van der Waals surface area contributed by atoms with Gasteiger partial charge in [0.15, 0.2) is 0 Å². The third-order valence-corrected chi connectivity index (χ3v) is 6.55. The summed E-state index contributed by atoms with van der Waals surface area (Å²) in [6.45, 7) is 5.75. The summed E-state index contributed by atoms with van der Waals surface area (Å²) in [5, 5.41) is 0. The quantitative estimate of drug-likeness (QED) is 0.764. The van der Waals surface area contributed by atoms with Gasteiger partial charge < -0.3 is 14.5 Å². The van der Waals surface area contributed by atoms with Gasteiger partial charge in [-0.25, -0.2) is 0 Å². The first kappa shape index (κ1) is 20.2. The van der Waals surface area contributed by atoms with Crippen LogP contribution in [0.5, 0.6) is 5.75 Å². The molecule has 0 aromatic heterocycles. The molecule has 6 heteroatoms. The molecule has 6 nitrogen and oxygen atoms in total. The topological polar surface area (TPSA) is 53.1 Å². The molecule has 1 aliphatic carbocycles. The second-order valence-electron chi connectivity index (χ2n) is 8.55. The van der Waals surface area contributed by atoms with Crippen LogP contribution in [0.4, 0.5) is 5.69 Å². The van der Waals surface area contributed by atoms with Crippen molar-refractivity contribution in [1.82, 2.24) is 9.80 Å². The molecule has 0 bridgehead atoms. The molecule has 1 saturated heterocycles. The van der Waals surface area contributed by atoms with Crippen LogP contribution in [-0.4, -0.2) is 67.5 Å². The van der Waals surface area contributed by atoms with Crippen LogP contribution in [0.25, 0.3) is 0 Å². The largest absolute Gasteiger partial charge is 0.490 e. The highest BCUT2D eigenvalue weighted by molar-refractivity contribution is 5.97. The first-order valence-corrected chi connectivity index (χ1v) is 11.2. The second kappa shape index (κ2) is 9.61. The summed E-state index contributed by atoms with van der Waals surface area (Å²) in [4.78, 5) is 31.6. The molecular weight excluding hydrogens is 366 g/mol. The number of anilines is 1. The zero-order valence-corrected chi connectivity index (χ0v) is 17.4. The van der Waals surface area contributed by atoms with Gasteiger partial charge in [-0.05, 0) is 30.9 Å². The monoisotopic (exact) mass is 399 g/mol. The van der Waals surface area contributed by atoms with Crippen molar-refractivity contribution in [2.24, 2.45) is 5.92 Å².